The first-order valence-electron chi connectivity index (χ1n) is 8.80. The lowest BCUT2D eigenvalue weighted by Crippen LogP contribution is -2.37. The first-order valence-corrected chi connectivity index (χ1v) is 8.80. The Hall–Kier alpha value is -3.22. The molecule has 0 spiro atoms. The third-order valence-corrected chi connectivity index (χ3v) is 4.53. The van der Waals surface area contributed by atoms with Crippen molar-refractivity contribution in [2.24, 2.45) is 5.16 Å². The molecule has 0 saturated heterocycles. The molecule has 0 aromatic heterocycles. The lowest BCUT2D eigenvalue weighted by Gasteiger charge is -2.20. The average Bonchev–Trinajstić information content (AvgIpc) is 3.30. The fraction of sp³-hybridized carbons (Fsp3) is 0.300. The van der Waals surface area contributed by atoms with Crippen LogP contribution in [0.1, 0.15) is 17.5 Å². The normalized spacial score (nSPS) is 17.3. The molecule has 2 heterocycles. The molecule has 2 aromatic carbocycles. The zero-order valence-corrected chi connectivity index (χ0v) is 15.3. The number of rotatable bonds is 4. The van der Waals surface area contributed by atoms with Crippen molar-refractivity contribution in [3.05, 3.63) is 53.6 Å². The largest absolute Gasteiger partial charge is 0.454 e. The number of benzene rings is 2. The van der Waals surface area contributed by atoms with Crippen LogP contribution in [-0.4, -0.2) is 43.1 Å². The Morgan fingerprint density at radius 3 is 2.93 bits per heavy atom. The van der Waals surface area contributed by atoms with Crippen LogP contribution in [0.15, 0.2) is 47.6 Å². The number of ether oxygens (including phenoxy) is 2. The lowest BCUT2D eigenvalue weighted by atomic mass is 10.0. The van der Waals surface area contributed by atoms with Gasteiger partial charge in [-0.05, 0) is 42.8 Å². The summed E-state index contributed by atoms with van der Waals surface area (Å²) in [7, 11) is 1.74. The van der Waals surface area contributed by atoms with Crippen molar-refractivity contribution in [3.63, 3.8) is 0 Å². The smallest absolute Gasteiger partial charge is 0.321 e. The summed E-state index contributed by atoms with van der Waals surface area (Å²) in [6, 6.07) is 13.2. The van der Waals surface area contributed by atoms with E-state index >= 15 is 0 Å². The molecule has 7 heteroatoms. The molecule has 1 atom stereocenters. The van der Waals surface area contributed by atoms with E-state index in [1.807, 2.05) is 49.4 Å². The molecule has 2 amide bonds. The summed E-state index contributed by atoms with van der Waals surface area (Å²) in [6.07, 6.45) is 0.445. The molecule has 2 aliphatic rings. The molecule has 1 unspecified atom stereocenters. The maximum Gasteiger partial charge on any atom is 0.321 e. The fourth-order valence-electron chi connectivity index (χ4n) is 3.10. The van der Waals surface area contributed by atoms with Gasteiger partial charge in [0.05, 0.1) is 12.3 Å². The van der Waals surface area contributed by atoms with Crippen LogP contribution >= 0.6 is 0 Å². The molecular weight excluding hydrogens is 346 g/mol. The van der Waals surface area contributed by atoms with E-state index in [4.69, 9.17) is 14.3 Å². The van der Waals surface area contributed by atoms with Crippen molar-refractivity contribution in [2.75, 3.05) is 25.7 Å². The molecule has 0 aliphatic carbocycles. The lowest BCUT2D eigenvalue weighted by molar-refractivity contribution is 0.0672. The number of likely N-dealkylation sites (N-methyl/N-ethyl adjacent to an activating group) is 1. The molecule has 0 saturated carbocycles. The number of nitrogens with zero attached hydrogens (tertiary/aromatic N) is 2. The number of carbonyl (C=O) groups is 1. The second-order valence-corrected chi connectivity index (χ2v) is 6.72. The zero-order chi connectivity index (χ0) is 18.8. The number of oxime groups is 1. The number of anilines is 1. The van der Waals surface area contributed by atoms with Gasteiger partial charge < -0.3 is 24.5 Å². The van der Waals surface area contributed by atoms with Gasteiger partial charge >= 0.3 is 6.03 Å². The van der Waals surface area contributed by atoms with E-state index in [2.05, 4.69) is 10.5 Å². The van der Waals surface area contributed by atoms with Crippen molar-refractivity contribution >= 4 is 17.4 Å². The molecule has 27 heavy (non-hydrogen) atoms. The van der Waals surface area contributed by atoms with E-state index in [-0.39, 0.29) is 18.9 Å². The van der Waals surface area contributed by atoms with E-state index < -0.39 is 0 Å². The van der Waals surface area contributed by atoms with Crippen molar-refractivity contribution in [2.45, 2.75) is 19.4 Å². The SMILES string of the molecule is Cc1cccc(NC(=O)N(C)CC2CC(c3ccc4c(c3)OCO4)=NO2)c1. The van der Waals surface area contributed by atoms with Gasteiger partial charge in [-0.15, -0.1) is 0 Å². The second-order valence-electron chi connectivity index (χ2n) is 6.72. The average molecular weight is 367 g/mol. The second kappa shape index (κ2) is 7.19. The highest BCUT2D eigenvalue weighted by atomic mass is 16.7. The number of nitrogens with one attached hydrogen (secondary N) is 1. The summed E-state index contributed by atoms with van der Waals surface area (Å²) >= 11 is 0. The molecule has 0 bridgehead atoms. The number of urea groups is 1. The highest BCUT2D eigenvalue weighted by Gasteiger charge is 2.26. The van der Waals surface area contributed by atoms with Crippen LogP contribution < -0.4 is 14.8 Å². The summed E-state index contributed by atoms with van der Waals surface area (Å²) in [6.45, 7) is 2.67. The summed E-state index contributed by atoms with van der Waals surface area (Å²) in [5.41, 5.74) is 3.65. The predicted octanol–water partition coefficient (Wildman–Crippen LogP) is 3.38. The maximum atomic E-state index is 12.4. The topological polar surface area (TPSA) is 72.4 Å². The third-order valence-electron chi connectivity index (χ3n) is 4.53. The van der Waals surface area contributed by atoms with Crippen molar-refractivity contribution in [1.82, 2.24) is 4.90 Å². The minimum Gasteiger partial charge on any atom is -0.454 e. The molecule has 2 aliphatic heterocycles. The van der Waals surface area contributed by atoms with Gasteiger partial charge in [0, 0.05) is 24.7 Å². The van der Waals surface area contributed by atoms with E-state index in [0.29, 0.717) is 18.7 Å². The molecule has 2 aromatic rings. The highest BCUT2D eigenvalue weighted by molar-refractivity contribution is 6.01. The van der Waals surface area contributed by atoms with Crippen LogP contribution in [0, 0.1) is 6.92 Å². The van der Waals surface area contributed by atoms with Gasteiger partial charge in [-0.25, -0.2) is 4.79 Å². The molecule has 140 valence electrons. The first-order chi connectivity index (χ1) is 13.1. The molecule has 7 nitrogen and oxygen atoms in total. The molecule has 0 fully saturated rings. The summed E-state index contributed by atoms with van der Waals surface area (Å²) < 4.78 is 10.7. The standard InChI is InChI=1S/C20H21N3O4/c1-13-4-3-5-15(8-13)21-20(24)23(2)11-16-10-17(22-27-16)14-6-7-18-19(9-14)26-12-25-18/h3-9,16H,10-12H2,1-2H3,(H,21,24). The van der Waals surface area contributed by atoms with E-state index in [0.717, 1.165) is 28.3 Å². The van der Waals surface area contributed by atoms with Gasteiger partial charge in [0.1, 0.15) is 0 Å². The Labute approximate surface area is 157 Å². The van der Waals surface area contributed by atoms with E-state index in [9.17, 15) is 4.79 Å². The third kappa shape index (κ3) is 3.81. The quantitative estimate of drug-likeness (QED) is 0.899. The zero-order valence-electron chi connectivity index (χ0n) is 15.3. The van der Waals surface area contributed by atoms with E-state index in [1.54, 1.807) is 11.9 Å². The van der Waals surface area contributed by atoms with Crippen LogP contribution in [0.4, 0.5) is 10.5 Å². The minimum atomic E-state index is -0.182. The van der Waals surface area contributed by atoms with E-state index in [1.165, 1.54) is 0 Å². The molecular formula is C20H21N3O4. The van der Waals surface area contributed by atoms with Crippen molar-refractivity contribution in [3.8, 4) is 11.5 Å². The molecule has 1 N–H and O–H groups in total. The Balaban J connectivity index is 1.32. The number of carbonyl (C=O) groups excluding carboxylic acids is 1. The number of amides is 2. The number of aryl methyl sites for hydroxylation is 1. The fourth-order valence-corrected chi connectivity index (χ4v) is 3.10. The number of fused-ring (bicyclic) bond motifs is 1. The molecule has 4 rings (SSSR count). The summed E-state index contributed by atoms with van der Waals surface area (Å²) in [5, 5.41) is 7.07. The summed E-state index contributed by atoms with van der Waals surface area (Å²) in [4.78, 5) is 19.5. The highest BCUT2D eigenvalue weighted by Crippen LogP contribution is 2.33. The Kier molecular flexibility index (Phi) is 4.58. The number of hydrogen-bond donors (Lipinski definition) is 1. The Bertz CT molecular complexity index is 897. The van der Waals surface area contributed by atoms with Crippen LogP contribution in [0.25, 0.3) is 0 Å². The van der Waals surface area contributed by atoms with Gasteiger partial charge in [-0.2, -0.15) is 0 Å². The van der Waals surface area contributed by atoms with Crippen LogP contribution in [0.3, 0.4) is 0 Å². The van der Waals surface area contributed by atoms with Crippen LogP contribution in [-0.2, 0) is 4.84 Å². The molecule has 0 radical (unpaired) electrons. The van der Waals surface area contributed by atoms with Gasteiger partial charge in [-0.3, -0.25) is 0 Å². The van der Waals surface area contributed by atoms with Gasteiger partial charge in [0.15, 0.2) is 17.6 Å². The van der Waals surface area contributed by atoms with Crippen LogP contribution in [0.5, 0.6) is 11.5 Å². The first kappa shape index (κ1) is 17.2. The Morgan fingerprint density at radius 2 is 2.07 bits per heavy atom. The monoisotopic (exact) mass is 367 g/mol. The van der Waals surface area contributed by atoms with Crippen molar-refractivity contribution in [1.29, 1.82) is 0 Å². The van der Waals surface area contributed by atoms with Crippen molar-refractivity contribution < 1.29 is 19.1 Å². The maximum absolute atomic E-state index is 12.4. The minimum absolute atomic E-state index is 0.180. The van der Waals surface area contributed by atoms with Crippen LogP contribution in [0.2, 0.25) is 0 Å². The van der Waals surface area contributed by atoms with Gasteiger partial charge in [-0.1, -0.05) is 17.3 Å². The Morgan fingerprint density at radius 1 is 1.22 bits per heavy atom. The van der Waals surface area contributed by atoms with Gasteiger partial charge in [0.25, 0.3) is 0 Å². The van der Waals surface area contributed by atoms with Gasteiger partial charge in [0.2, 0.25) is 6.79 Å². The summed E-state index contributed by atoms with van der Waals surface area (Å²) in [5.74, 6) is 1.45. The number of hydrogen-bond acceptors (Lipinski definition) is 5. The predicted molar refractivity (Wildman–Crippen MR) is 101 cm³/mol.